The first-order valence-electron chi connectivity index (χ1n) is 11.2. The Labute approximate surface area is 197 Å². The lowest BCUT2D eigenvalue weighted by Crippen LogP contribution is -2.48. The molecule has 0 unspecified atom stereocenters. The number of aromatic nitrogens is 2. The summed E-state index contributed by atoms with van der Waals surface area (Å²) in [6.07, 6.45) is 2.57. The highest BCUT2D eigenvalue weighted by atomic mass is 35.5. The van der Waals surface area contributed by atoms with Crippen molar-refractivity contribution in [3.8, 4) is 11.4 Å². The molecular weight excluding hydrogens is 443 g/mol. The molecule has 1 fully saturated rings. The number of hydrogen-bond acceptors (Lipinski definition) is 4. The highest BCUT2D eigenvalue weighted by Crippen LogP contribution is 2.30. The van der Waals surface area contributed by atoms with Crippen molar-refractivity contribution < 1.29 is 13.9 Å². The van der Waals surface area contributed by atoms with Crippen LogP contribution in [0.2, 0.25) is 5.02 Å². The summed E-state index contributed by atoms with van der Waals surface area (Å²) in [5.41, 5.74) is 3.82. The van der Waals surface area contributed by atoms with Gasteiger partial charge in [0.2, 0.25) is 0 Å². The molecule has 6 nitrogen and oxygen atoms in total. The zero-order valence-corrected chi connectivity index (χ0v) is 19.3. The quantitative estimate of drug-likeness (QED) is 0.565. The average molecular weight is 469 g/mol. The average Bonchev–Trinajstić information content (AvgIpc) is 3.43. The second-order valence-electron chi connectivity index (χ2n) is 8.52. The predicted molar refractivity (Wildman–Crippen MR) is 125 cm³/mol. The van der Waals surface area contributed by atoms with E-state index in [1.165, 1.54) is 6.07 Å². The van der Waals surface area contributed by atoms with Gasteiger partial charge in [0, 0.05) is 54.6 Å². The van der Waals surface area contributed by atoms with Crippen LogP contribution in [0.15, 0.2) is 42.5 Å². The van der Waals surface area contributed by atoms with Gasteiger partial charge in [0.05, 0.1) is 7.11 Å². The van der Waals surface area contributed by atoms with Crippen LogP contribution in [0.5, 0.6) is 5.75 Å². The summed E-state index contributed by atoms with van der Waals surface area (Å²) >= 11 is 6.17. The van der Waals surface area contributed by atoms with Gasteiger partial charge in [-0.05, 0) is 49.6 Å². The molecule has 1 saturated heterocycles. The second-order valence-corrected chi connectivity index (χ2v) is 8.95. The van der Waals surface area contributed by atoms with Crippen molar-refractivity contribution in [1.82, 2.24) is 19.6 Å². The summed E-state index contributed by atoms with van der Waals surface area (Å²) in [4.78, 5) is 17.6. The summed E-state index contributed by atoms with van der Waals surface area (Å²) < 4.78 is 21.5. The number of para-hydroxylation sites is 1. The first kappa shape index (κ1) is 21.9. The molecule has 5 rings (SSSR count). The Balaban J connectivity index is 1.31. The van der Waals surface area contributed by atoms with Gasteiger partial charge in [0.1, 0.15) is 17.3 Å². The third-order valence-corrected chi connectivity index (χ3v) is 6.74. The number of fused-ring (bicyclic) bond motifs is 1. The van der Waals surface area contributed by atoms with Crippen molar-refractivity contribution in [2.24, 2.45) is 0 Å². The van der Waals surface area contributed by atoms with E-state index < -0.39 is 0 Å². The molecule has 1 aliphatic carbocycles. The molecule has 1 aromatic heterocycles. The molecule has 1 aliphatic heterocycles. The number of halogens is 2. The van der Waals surface area contributed by atoms with Crippen LogP contribution in [0, 0.1) is 5.82 Å². The topological polar surface area (TPSA) is 50.6 Å². The van der Waals surface area contributed by atoms with Gasteiger partial charge < -0.3 is 9.64 Å². The molecule has 0 atom stereocenters. The summed E-state index contributed by atoms with van der Waals surface area (Å²) in [7, 11) is 1.65. The van der Waals surface area contributed by atoms with Crippen molar-refractivity contribution in [1.29, 1.82) is 0 Å². The molecule has 1 amide bonds. The molecule has 172 valence electrons. The first-order valence-corrected chi connectivity index (χ1v) is 11.6. The fourth-order valence-corrected chi connectivity index (χ4v) is 5.00. The van der Waals surface area contributed by atoms with Gasteiger partial charge in [-0.1, -0.05) is 23.7 Å². The molecule has 0 spiro atoms. The van der Waals surface area contributed by atoms with E-state index in [-0.39, 0.29) is 11.7 Å². The van der Waals surface area contributed by atoms with Gasteiger partial charge in [-0.2, -0.15) is 5.10 Å². The maximum Gasteiger partial charge on any atom is 0.274 e. The zero-order chi connectivity index (χ0) is 22.9. The van der Waals surface area contributed by atoms with Crippen LogP contribution < -0.4 is 4.74 Å². The van der Waals surface area contributed by atoms with Crippen molar-refractivity contribution in [2.75, 3.05) is 33.3 Å². The number of piperazine rings is 1. The lowest BCUT2D eigenvalue weighted by molar-refractivity contribution is 0.0620. The van der Waals surface area contributed by atoms with E-state index in [2.05, 4.69) is 10.00 Å². The summed E-state index contributed by atoms with van der Waals surface area (Å²) in [5.74, 6) is 0.411. The highest BCUT2D eigenvalue weighted by Gasteiger charge is 2.31. The van der Waals surface area contributed by atoms with Crippen LogP contribution >= 0.6 is 11.6 Å². The molecule has 0 saturated carbocycles. The van der Waals surface area contributed by atoms with Gasteiger partial charge in [-0.15, -0.1) is 0 Å². The van der Waals surface area contributed by atoms with Gasteiger partial charge >= 0.3 is 0 Å². The number of benzene rings is 2. The SMILES string of the molecule is COc1ccc(Cl)cc1CN1CCN(C(=O)c2nn(-c3ccccc3F)c3c2CCC3)CC1. The molecule has 0 radical (unpaired) electrons. The number of carbonyl (C=O) groups is 1. The number of amides is 1. The Morgan fingerprint density at radius 1 is 1.12 bits per heavy atom. The van der Waals surface area contributed by atoms with Gasteiger partial charge in [-0.3, -0.25) is 9.69 Å². The Kier molecular flexibility index (Phi) is 6.08. The first-order chi connectivity index (χ1) is 16.0. The van der Waals surface area contributed by atoms with Crippen LogP contribution in [-0.2, 0) is 19.4 Å². The number of methoxy groups -OCH3 is 1. The fraction of sp³-hybridized carbons (Fsp3) is 0.360. The lowest BCUT2D eigenvalue weighted by atomic mass is 10.1. The summed E-state index contributed by atoms with van der Waals surface area (Å²) in [6.45, 7) is 3.43. The van der Waals surface area contributed by atoms with E-state index in [1.54, 1.807) is 30.0 Å². The van der Waals surface area contributed by atoms with E-state index in [0.717, 1.165) is 54.9 Å². The molecular formula is C25H26ClFN4O2. The van der Waals surface area contributed by atoms with E-state index in [1.807, 2.05) is 23.1 Å². The van der Waals surface area contributed by atoms with Crippen LogP contribution in [0.4, 0.5) is 4.39 Å². The maximum absolute atomic E-state index is 14.4. The standard InChI is InChI=1S/C25H26ClFN4O2/c1-33-23-10-9-18(26)15-17(23)16-29-11-13-30(14-12-29)25(32)24-19-5-4-8-21(19)31(28-24)22-7-3-2-6-20(22)27/h2-3,6-7,9-10,15H,4-5,8,11-14,16H2,1H3. The molecule has 2 aliphatic rings. The summed E-state index contributed by atoms with van der Waals surface area (Å²) in [5, 5.41) is 5.28. The van der Waals surface area contributed by atoms with Crippen LogP contribution in [0.1, 0.15) is 33.7 Å². The lowest BCUT2D eigenvalue weighted by Gasteiger charge is -2.34. The van der Waals surface area contributed by atoms with Crippen molar-refractivity contribution >= 4 is 17.5 Å². The number of carbonyl (C=O) groups excluding carboxylic acids is 1. The van der Waals surface area contributed by atoms with E-state index in [4.69, 9.17) is 16.3 Å². The minimum absolute atomic E-state index is 0.0665. The van der Waals surface area contributed by atoms with E-state index in [9.17, 15) is 9.18 Å². The minimum Gasteiger partial charge on any atom is -0.496 e. The number of rotatable bonds is 5. The smallest absolute Gasteiger partial charge is 0.274 e. The second kappa shape index (κ2) is 9.15. The van der Waals surface area contributed by atoms with E-state index >= 15 is 0 Å². The molecule has 33 heavy (non-hydrogen) atoms. The molecule has 0 N–H and O–H groups in total. The van der Waals surface area contributed by atoms with Gasteiger partial charge in [-0.25, -0.2) is 9.07 Å². The maximum atomic E-state index is 14.4. The Morgan fingerprint density at radius 3 is 2.67 bits per heavy atom. The van der Waals surface area contributed by atoms with Gasteiger partial charge in [0.25, 0.3) is 5.91 Å². The zero-order valence-electron chi connectivity index (χ0n) is 18.6. The van der Waals surface area contributed by atoms with Gasteiger partial charge in [0.15, 0.2) is 5.69 Å². The Hall–Kier alpha value is -2.90. The molecule has 2 aromatic carbocycles. The third-order valence-electron chi connectivity index (χ3n) is 6.51. The Bertz CT molecular complexity index is 1190. The normalized spacial score (nSPS) is 16.2. The van der Waals surface area contributed by atoms with Crippen molar-refractivity contribution in [2.45, 2.75) is 25.8 Å². The fourth-order valence-electron chi connectivity index (χ4n) is 4.80. The molecule has 8 heteroatoms. The Morgan fingerprint density at radius 2 is 1.91 bits per heavy atom. The van der Waals surface area contributed by atoms with Crippen LogP contribution in [-0.4, -0.2) is 58.8 Å². The molecule has 3 aromatic rings. The minimum atomic E-state index is -0.334. The highest BCUT2D eigenvalue weighted by molar-refractivity contribution is 6.30. The summed E-state index contributed by atoms with van der Waals surface area (Å²) in [6, 6.07) is 12.2. The van der Waals surface area contributed by atoms with Crippen molar-refractivity contribution in [3.05, 3.63) is 75.8 Å². The largest absolute Gasteiger partial charge is 0.496 e. The van der Waals surface area contributed by atoms with Crippen molar-refractivity contribution in [3.63, 3.8) is 0 Å². The molecule has 2 heterocycles. The van der Waals surface area contributed by atoms with E-state index in [0.29, 0.717) is 36.0 Å². The number of nitrogens with zero attached hydrogens (tertiary/aromatic N) is 4. The van der Waals surface area contributed by atoms with Crippen LogP contribution in [0.25, 0.3) is 5.69 Å². The monoisotopic (exact) mass is 468 g/mol. The number of ether oxygens (including phenoxy) is 1. The van der Waals surface area contributed by atoms with Crippen LogP contribution in [0.3, 0.4) is 0 Å². The third kappa shape index (κ3) is 4.23. The molecule has 0 bridgehead atoms. The predicted octanol–water partition coefficient (Wildman–Crippen LogP) is 4.12. The number of hydrogen-bond donors (Lipinski definition) is 0.